The van der Waals surface area contributed by atoms with E-state index in [0.717, 1.165) is 5.56 Å². The van der Waals surface area contributed by atoms with Crippen LogP contribution in [-0.2, 0) is 38.2 Å². The van der Waals surface area contributed by atoms with Gasteiger partial charge in [-0.3, -0.25) is 4.79 Å². The van der Waals surface area contributed by atoms with Gasteiger partial charge >= 0.3 is 0 Å². The van der Waals surface area contributed by atoms with Crippen LogP contribution < -0.4 is 0 Å². The van der Waals surface area contributed by atoms with Crippen molar-refractivity contribution in [2.75, 3.05) is 20.3 Å². The Morgan fingerprint density at radius 3 is 2.21 bits per heavy atom. The zero-order chi connectivity index (χ0) is 23.8. The fourth-order valence-electron chi connectivity index (χ4n) is 3.59. The molecule has 0 aliphatic rings. The third kappa shape index (κ3) is 6.52. The molecule has 0 unspecified atom stereocenters. The Morgan fingerprint density at radius 2 is 1.64 bits per heavy atom. The van der Waals surface area contributed by atoms with Crippen LogP contribution in [0.15, 0.2) is 72.0 Å². The Balaban J connectivity index is 1.99. The molecular formula is C25H31N3O4S. The van der Waals surface area contributed by atoms with E-state index in [0.29, 0.717) is 31.0 Å². The molecule has 0 N–H and O–H groups in total. The van der Waals surface area contributed by atoms with Crippen LogP contribution >= 0.6 is 0 Å². The zero-order valence-electron chi connectivity index (χ0n) is 19.3. The lowest BCUT2D eigenvalue weighted by Gasteiger charge is -2.25. The first-order valence-electron chi connectivity index (χ1n) is 10.9. The van der Waals surface area contributed by atoms with Crippen LogP contribution in [0.25, 0.3) is 0 Å². The average Bonchev–Trinajstić information content (AvgIpc) is 3.20. The number of sulfone groups is 1. The van der Waals surface area contributed by atoms with Crippen LogP contribution in [0.1, 0.15) is 30.7 Å². The molecule has 0 spiro atoms. The first kappa shape index (κ1) is 24.7. The summed E-state index contributed by atoms with van der Waals surface area (Å²) in [5.41, 5.74) is 2.31. The number of aromatic nitrogens is 2. The van der Waals surface area contributed by atoms with Crippen molar-refractivity contribution in [1.29, 1.82) is 0 Å². The number of hydrogen-bond acceptors (Lipinski definition) is 5. The minimum absolute atomic E-state index is 0.00823. The van der Waals surface area contributed by atoms with E-state index in [9.17, 15) is 13.2 Å². The molecule has 0 saturated heterocycles. The smallest absolute Gasteiger partial charge is 0.228 e. The highest BCUT2D eigenvalue weighted by Gasteiger charge is 2.26. The Hall–Kier alpha value is -2.97. The van der Waals surface area contributed by atoms with Gasteiger partial charge in [0.1, 0.15) is 0 Å². The summed E-state index contributed by atoms with van der Waals surface area (Å²) in [5, 5.41) is 0.00823. The van der Waals surface area contributed by atoms with Crippen molar-refractivity contribution in [3.05, 3.63) is 83.7 Å². The van der Waals surface area contributed by atoms with Gasteiger partial charge in [0.05, 0.1) is 37.3 Å². The minimum Gasteiger partial charge on any atom is -0.383 e. The van der Waals surface area contributed by atoms with Crippen LogP contribution in [0, 0.1) is 5.92 Å². The topological polar surface area (TPSA) is 81.5 Å². The summed E-state index contributed by atoms with van der Waals surface area (Å²) >= 11 is 0. The molecule has 1 heterocycles. The first-order valence-corrected chi connectivity index (χ1v) is 12.6. The van der Waals surface area contributed by atoms with E-state index >= 15 is 0 Å². The van der Waals surface area contributed by atoms with Gasteiger partial charge in [-0.25, -0.2) is 13.4 Å². The molecule has 0 bridgehead atoms. The molecule has 8 heteroatoms. The highest BCUT2D eigenvalue weighted by atomic mass is 32.2. The quantitative estimate of drug-likeness (QED) is 0.429. The molecule has 0 saturated carbocycles. The van der Waals surface area contributed by atoms with E-state index in [1.54, 1.807) is 34.9 Å². The van der Waals surface area contributed by atoms with Crippen molar-refractivity contribution in [2.45, 2.75) is 37.8 Å². The maximum Gasteiger partial charge on any atom is 0.228 e. The van der Waals surface area contributed by atoms with Crippen molar-refractivity contribution in [3.63, 3.8) is 0 Å². The Labute approximate surface area is 195 Å². The molecule has 0 fully saturated rings. The largest absolute Gasteiger partial charge is 0.383 e. The van der Waals surface area contributed by atoms with Crippen molar-refractivity contribution < 1.29 is 17.9 Å². The average molecular weight is 470 g/mol. The third-order valence-corrected chi connectivity index (χ3v) is 6.88. The lowest BCUT2D eigenvalue weighted by Crippen LogP contribution is -2.37. The maximum absolute atomic E-state index is 13.3. The molecule has 1 amide bonds. The number of amides is 1. The normalized spacial score (nSPS) is 11.6. The second-order valence-electron chi connectivity index (χ2n) is 8.26. The van der Waals surface area contributed by atoms with Gasteiger partial charge in [0.2, 0.25) is 20.9 Å². The summed E-state index contributed by atoms with van der Waals surface area (Å²) < 4.78 is 33.6. The molecule has 0 aliphatic heterocycles. The minimum atomic E-state index is -3.71. The summed E-state index contributed by atoms with van der Waals surface area (Å²) in [6.45, 7) is 5.09. The molecule has 0 radical (unpaired) electrons. The molecular weight excluding hydrogens is 438 g/mol. The van der Waals surface area contributed by atoms with Gasteiger partial charge in [-0.05, 0) is 11.1 Å². The molecule has 176 valence electrons. The van der Waals surface area contributed by atoms with Gasteiger partial charge in [0.25, 0.3) is 0 Å². The molecule has 0 aliphatic carbocycles. The van der Waals surface area contributed by atoms with E-state index in [-0.39, 0.29) is 29.3 Å². The van der Waals surface area contributed by atoms with E-state index in [1.165, 1.54) is 0 Å². The predicted molar refractivity (Wildman–Crippen MR) is 127 cm³/mol. The van der Waals surface area contributed by atoms with Gasteiger partial charge < -0.3 is 14.2 Å². The number of hydrogen-bond donors (Lipinski definition) is 0. The number of benzene rings is 2. The highest BCUT2D eigenvalue weighted by Crippen LogP contribution is 2.21. The highest BCUT2D eigenvalue weighted by molar-refractivity contribution is 7.90. The SMILES string of the molecule is COCCN(Cc1cnc(S(=O)(=O)Cc2ccccc2)n1Cc1ccccc1)C(=O)C(C)C. The monoisotopic (exact) mass is 469 g/mol. The second-order valence-corrected chi connectivity index (χ2v) is 10.1. The Morgan fingerprint density at radius 1 is 1.03 bits per heavy atom. The summed E-state index contributed by atoms with van der Waals surface area (Å²) in [5.74, 6) is -0.348. The fraction of sp³-hybridized carbons (Fsp3) is 0.360. The van der Waals surface area contributed by atoms with E-state index < -0.39 is 9.84 Å². The number of rotatable bonds is 11. The van der Waals surface area contributed by atoms with Gasteiger partial charge in [-0.2, -0.15) is 0 Å². The standard InChI is InChI=1S/C25H31N3O4S/c1-20(2)24(29)27(14-15-32-3)18-23-16-26-25(28(23)17-21-10-6-4-7-11-21)33(30,31)19-22-12-8-5-9-13-22/h4-13,16,20H,14-15,17-19H2,1-3H3. The summed E-state index contributed by atoms with van der Waals surface area (Å²) in [4.78, 5) is 18.8. The summed E-state index contributed by atoms with van der Waals surface area (Å²) in [7, 11) is -2.12. The number of carbonyl (C=O) groups excluding carboxylic acids is 1. The summed E-state index contributed by atoms with van der Waals surface area (Å²) in [6.07, 6.45) is 1.56. The van der Waals surface area contributed by atoms with Gasteiger partial charge in [0, 0.05) is 19.6 Å². The summed E-state index contributed by atoms with van der Waals surface area (Å²) in [6, 6.07) is 18.7. The van der Waals surface area contributed by atoms with Gasteiger partial charge in [0.15, 0.2) is 0 Å². The van der Waals surface area contributed by atoms with Crippen molar-refractivity contribution in [2.24, 2.45) is 5.92 Å². The van der Waals surface area contributed by atoms with Crippen molar-refractivity contribution >= 4 is 15.7 Å². The molecule has 2 aromatic carbocycles. The van der Waals surface area contributed by atoms with Crippen LogP contribution in [0.3, 0.4) is 0 Å². The molecule has 0 atom stereocenters. The number of imidazole rings is 1. The van der Waals surface area contributed by atoms with Crippen molar-refractivity contribution in [1.82, 2.24) is 14.5 Å². The molecule has 1 aromatic heterocycles. The van der Waals surface area contributed by atoms with Gasteiger partial charge in [-0.15, -0.1) is 0 Å². The van der Waals surface area contributed by atoms with Crippen LogP contribution in [-0.4, -0.2) is 49.0 Å². The Bertz CT molecular complexity index is 1140. The predicted octanol–water partition coefficient (Wildman–Crippen LogP) is 3.54. The lowest BCUT2D eigenvalue weighted by atomic mass is 10.2. The first-order chi connectivity index (χ1) is 15.8. The maximum atomic E-state index is 13.3. The van der Waals surface area contributed by atoms with Crippen molar-refractivity contribution in [3.8, 4) is 0 Å². The second kappa shape index (κ2) is 11.2. The van der Waals surface area contributed by atoms with Crippen LogP contribution in [0.4, 0.5) is 0 Å². The fourth-order valence-corrected chi connectivity index (χ4v) is 5.08. The number of ether oxygens (including phenoxy) is 1. The zero-order valence-corrected chi connectivity index (χ0v) is 20.2. The molecule has 3 aromatic rings. The Kier molecular flexibility index (Phi) is 8.41. The van der Waals surface area contributed by atoms with Gasteiger partial charge in [-0.1, -0.05) is 74.5 Å². The lowest BCUT2D eigenvalue weighted by molar-refractivity contribution is -0.135. The molecule has 33 heavy (non-hydrogen) atoms. The van der Waals surface area contributed by atoms with Crippen LogP contribution in [0.5, 0.6) is 0 Å². The van der Waals surface area contributed by atoms with Crippen LogP contribution in [0.2, 0.25) is 0 Å². The van der Waals surface area contributed by atoms with E-state index in [2.05, 4.69) is 4.98 Å². The number of nitrogens with zero attached hydrogens (tertiary/aromatic N) is 3. The van der Waals surface area contributed by atoms with E-state index in [1.807, 2.05) is 62.4 Å². The van der Waals surface area contributed by atoms with E-state index in [4.69, 9.17) is 4.74 Å². The molecule has 3 rings (SSSR count). The number of carbonyl (C=O) groups is 1. The third-order valence-electron chi connectivity index (χ3n) is 5.29. The molecule has 7 nitrogen and oxygen atoms in total. The number of methoxy groups -OCH3 is 1.